The summed E-state index contributed by atoms with van der Waals surface area (Å²) in [5, 5.41) is 8.61. The number of hydrogen-bond acceptors (Lipinski definition) is 6. The summed E-state index contributed by atoms with van der Waals surface area (Å²) in [6, 6.07) is 19.4. The summed E-state index contributed by atoms with van der Waals surface area (Å²) in [5.74, 6) is -0.160. The van der Waals surface area contributed by atoms with Crippen molar-refractivity contribution in [1.82, 2.24) is 15.0 Å². The minimum absolute atomic E-state index is 0.274. The average molecular weight is 436 g/mol. The van der Waals surface area contributed by atoms with Crippen molar-refractivity contribution in [1.29, 1.82) is 0 Å². The monoisotopic (exact) mass is 436 g/mol. The van der Waals surface area contributed by atoms with E-state index in [1.54, 1.807) is 67.1 Å². The van der Waals surface area contributed by atoms with Crippen LogP contribution in [0.1, 0.15) is 10.4 Å². The Balaban J connectivity index is 1.41. The largest absolute Gasteiger partial charge is 0.324 e. The molecule has 162 valence electrons. The predicted octanol–water partition coefficient (Wildman–Crippen LogP) is 4.66. The van der Waals surface area contributed by atoms with Gasteiger partial charge in [-0.3, -0.25) is 14.6 Å². The fraction of sp³-hybridized carbons (Fsp3) is 0. The van der Waals surface area contributed by atoms with Gasteiger partial charge in [-0.2, -0.15) is 0 Å². The predicted molar refractivity (Wildman–Crippen MR) is 128 cm³/mol. The lowest BCUT2D eigenvalue weighted by atomic mass is 10.2. The number of hydrogen-bond donors (Lipinski definition) is 3. The minimum Gasteiger partial charge on any atom is -0.324 e. The highest BCUT2D eigenvalue weighted by Crippen LogP contribution is 2.20. The molecule has 8 nitrogen and oxygen atoms in total. The summed E-state index contributed by atoms with van der Waals surface area (Å²) in [5.41, 5.74) is 3.98. The first-order valence-corrected chi connectivity index (χ1v) is 10.1. The quantitative estimate of drug-likeness (QED) is 0.364. The van der Waals surface area contributed by atoms with Gasteiger partial charge in [-0.25, -0.2) is 9.97 Å². The van der Waals surface area contributed by atoms with Crippen molar-refractivity contribution in [2.24, 2.45) is 0 Å². The van der Waals surface area contributed by atoms with Crippen LogP contribution in [-0.4, -0.2) is 26.8 Å². The van der Waals surface area contributed by atoms with E-state index in [9.17, 15) is 9.59 Å². The third-order valence-electron chi connectivity index (χ3n) is 4.59. The lowest BCUT2D eigenvalue weighted by Gasteiger charge is -2.09. The van der Waals surface area contributed by atoms with Gasteiger partial charge in [0.25, 0.3) is 5.91 Å². The van der Waals surface area contributed by atoms with Crippen molar-refractivity contribution in [3.8, 4) is 11.3 Å². The van der Waals surface area contributed by atoms with Crippen LogP contribution in [0.3, 0.4) is 0 Å². The second kappa shape index (κ2) is 9.97. The molecule has 0 fully saturated rings. The molecule has 8 heteroatoms. The molecule has 2 aromatic carbocycles. The maximum atomic E-state index is 12.6. The number of benzene rings is 2. The topological polar surface area (TPSA) is 109 Å². The SMILES string of the molecule is C=CC(=O)Nc1cccc(NC(=O)c2ccc(Nc3nccc(-c4cccnc4)n3)cc2)c1. The molecule has 0 bridgehead atoms. The van der Waals surface area contributed by atoms with E-state index in [-0.39, 0.29) is 11.8 Å². The zero-order valence-corrected chi connectivity index (χ0v) is 17.5. The lowest BCUT2D eigenvalue weighted by Crippen LogP contribution is -2.12. The molecule has 2 amide bonds. The molecule has 33 heavy (non-hydrogen) atoms. The third kappa shape index (κ3) is 5.65. The molecule has 0 radical (unpaired) electrons. The van der Waals surface area contributed by atoms with Gasteiger partial charge in [0, 0.05) is 46.8 Å². The highest BCUT2D eigenvalue weighted by atomic mass is 16.2. The van der Waals surface area contributed by atoms with E-state index in [1.165, 1.54) is 6.08 Å². The Morgan fingerprint density at radius 3 is 2.36 bits per heavy atom. The summed E-state index contributed by atoms with van der Waals surface area (Å²) in [7, 11) is 0. The number of carbonyl (C=O) groups is 2. The fourth-order valence-electron chi connectivity index (χ4n) is 3.00. The molecular weight excluding hydrogens is 416 g/mol. The molecule has 4 aromatic rings. The summed E-state index contributed by atoms with van der Waals surface area (Å²) < 4.78 is 0. The molecule has 2 heterocycles. The molecule has 2 aromatic heterocycles. The lowest BCUT2D eigenvalue weighted by molar-refractivity contribution is -0.111. The summed E-state index contributed by atoms with van der Waals surface area (Å²) in [6.45, 7) is 3.42. The Morgan fingerprint density at radius 1 is 0.848 bits per heavy atom. The van der Waals surface area contributed by atoms with Gasteiger partial charge in [0.1, 0.15) is 0 Å². The van der Waals surface area contributed by atoms with Crippen LogP contribution in [0, 0.1) is 0 Å². The number of pyridine rings is 1. The highest BCUT2D eigenvalue weighted by molar-refractivity contribution is 6.05. The van der Waals surface area contributed by atoms with Gasteiger partial charge in [-0.15, -0.1) is 0 Å². The molecule has 0 saturated heterocycles. The second-order valence-electron chi connectivity index (χ2n) is 6.94. The van der Waals surface area contributed by atoms with Crippen LogP contribution in [0.2, 0.25) is 0 Å². The molecule has 0 atom stereocenters. The Bertz CT molecular complexity index is 1290. The Morgan fingerprint density at radius 2 is 1.64 bits per heavy atom. The number of carbonyl (C=O) groups excluding carboxylic acids is 2. The number of amides is 2. The minimum atomic E-state index is -0.323. The van der Waals surface area contributed by atoms with Crippen molar-refractivity contribution in [2.75, 3.05) is 16.0 Å². The summed E-state index contributed by atoms with van der Waals surface area (Å²) in [6.07, 6.45) is 6.30. The Kier molecular flexibility index (Phi) is 6.46. The molecule has 0 unspecified atom stereocenters. The summed E-state index contributed by atoms with van der Waals surface area (Å²) in [4.78, 5) is 36.9. The molecule has 0 saturated carbocycles. The molecule has 3 N–H and O–H groups in total. The van der Waals surface area contributed by atoms with Crippen molar-refractivity contribution in [2.45, 2.75) is 0 Å². The van der Waals surface area contributed by atoms with Crippen molar-refractivity contribution in [3.05, 3.63) is 104 Å². The van der Waals surface area contributed by atoms with Crippen molar-refractivity contribution < 1.29 is 9.59 Å². The van der Waals surface area contributed by atoms with Crippen molar-refractivity contribution >= 4 is 34.8 Å². The first-order valence-electron chi connectivity index (χ1n) is 10.1. The smallest absolute Gasteiger partial charge is 0.255 e. The number of anilines is 4. The van der Waals surface area contributed by atoms with E-state index in [0.29, 0.717) is 22.9 Å². The fourth-order valence-corrected chi connectivity index (χ4v) is 3.00. The van der Waals surface area contributed by atoms with Crippen LogP contribution in [0.5, 0.6) is 0 Å². The van der Waals surface area contributed by atoms with E-state index in [4.69, 9.17) is 0 Å². The summed E-state index contributed by atoms with van der Waals surface area (Å²) >= 11 is 0. The van der Waals surface area contributed by atoms with E-state index in [1.807, 2.05) is 18.2 Å². The maximum absolute atomic E-state index is 12.6. The number of aromatic nitrogens is 3. The van der Waals surface area contributed by atoms with Gasteiger partial charge in [0.15, 0.2) is 0 Å². The van der Waals surface area contributed by atoms with Crippen LogP contribution in [0.25, 0.3) is 11.3 Å². The van der Waals surface area contributed by atoms with Crippen LogP contribution < -0.4 is 16.0 Å². The number of nitrogens with zero attached hydrogens (tertiary/aromatic N) is 3. The van der Waals surface area contributed by atoms with Crippen LogP contribution in [0.4, 0.5) is 23.0 Å². The molecule has 0 aliphatic rings. The molecule has 0 spiro atoms. The van der Waals surface area contributed by atoms with Gasteiger partial charge < -0.3 is 16.0 Å². The maximum Gasteiger partial charge on any atom is 0.255 e. The van der Waals surface area contributed by atoms with Gasteiger partial charge in [-0.1, -0.05) is 12.6 Å². The van der Waals surface area contributed by atoms with E-state index < -0.39 is 0 Å². The van der Waals surface area contributed by atoms with Crippen molar-refractivity contribution in [3.63, 3.8) is 0 Å². The molecule has 4 rings (SSSR count). The number of rotatable bonds is 7. The van der Waals surface area contributed by atoms with Gasteiger partial charge >= 0.3 is 0 Å². The third-order valence-corrected chi connectivity index (χ3v) is 4.59. The van der Waals surface area contributed by atoms with Crippen LogP contribution >= 0.6 is 0 Å². The number of nitrogens with one attached hydrogen (secondary N) is 3. The average Bonchev–Trinajstić information content (AvgIpc) is 2.85. The Hall–Kier alpha value is -4.85. The normalized spacial score (nSPS) is 10.2. The van der Waals surface area contributed by atoms with Crippen LogP contribution in [-0.2, 0) is 4.79 Å². The molecule has 0 aliphatic carbocycles. The first-order chi connectivity index (χ1) is 16.1. The van der Waals surface area contributed by atoms with Gasteiger partial charge in [0.2, 0.25) is 11.9 Å². The zero-order chi connectivity index (χ0) is 23.0. The first kappa shape index (κ1) is 21.4. The van der Waals surface area contributed by atoms with Gasteiger partial charge in [-0.05, 0) is 66.7 Å². The van der Waals surface area contributed by atoms with Gasteiger partial charge in [0.05, 0.1) is 5.69 Å². The molecule has 0 aliphatic heterocycles. The van der Waals surface area contributed by atoms with E-state index >= 15 is 0 Å². The zero-order valence-electron chi connectivity index (χ0n) is 17.5. The standard InChI is InChI=1S/C25H20N6O2/c1-2-23(32)28-20-6-3-7-21(15-20)29-24(33)17-8-10-19(11-9-17)30-25-27-14-12-22(31-25)18-5-4-13-26-16-18/h2-16H,1H2,(H,28,32)(H,29,33)(H,27,30,31). The van der Waals surface area contributed by atoms with Crippen LogP contribution in [0.15, 0.2) is 98.0 Å². The van der Waals surface area contributed by atoms with E-state index in [2.05, 4.69) is 37.5 Å². The molecular formula is C25H20N6O2. The second-order valence-corrected chi connectivity index (χ2v) is 6.94. The van der Waals surface area contributed by atoms with E-state index in [0.717, 1.165) is 16.9 Å². The Labute approximate surface area is 190 Å². The highest BCUT2D eigenvalue weighted by Gasteiger charge is 2.08.